The Balaban J connectivity index is 1.02. The molecule has 0 unspecified atom stereocenters. The molecule has 3 aromatic rings. The van der Waals surface area contributed by atoms with Crippen LogP contribution in [0.4, 0.5) is 5.00 Å². The summed E-state index contributed by atoms with van der Waals surface area (Å²) in [5.74, 6) is 0.287. The van der Waals surface area contributed by atoms with Crippen molar-refractivity contribution < 1.29 is 9.59 Å². The molecule has 0 aliphatic carbocycles. The summed E-state index contributed by atoms with van der Waals surface area (Å²) >= 11 is 3.09. The Labute approximate surface area is 231 Å². The lowest BCUT2D eigenvalue weighted by Gasteiger charge is -2.37. The number of carbonyl (C=O) groups is 2. The number of carbonyl (C=O) groups excluding carboxylic acids is 2. The summed E-state index contributed by atoms with van der Waals surface area (Å²) in [6.07, 6.45) is 3.86. The number of amides is 2. The molecule has 0 radical (unpaired) electrons. The fraction of sp³-hybridized carbons (Fsp3) is 0.464. The van der Waals surface area contributed by atoms with Gasteiger partial charge in [-0.3, -0.25) is 14.5 Å². The van der Waals surface area contributed by atoms with Crippen molar-refractivity contribution in [1.29, 1.82) is 0 Å². The third kappa shape index (κ3) is 5.69. The van der Waals surface area contributed by atoms with Crippen LogP contribution in [0.1, 0.15) is 39.0 Å². The molecule has 0 spiro atoms. The van der Waals surface area contributed by atoms with Gasteiger partial charge in [0.1, 0.15) is 0 Å². The third-order valence-corrected chi connectivity index (χ3v) is 9.89. The monoisotopic (exact) mass is 550 g/mol. The molecule has 0 saturated carbocycles. The van der Waals surface area contributed by atoms with Crippen molar-refractivity contribution in [2.75, 3.05) is 58.2 Å². The smallest absolute Gasteiger partial charge is 0.264 e. The van der Waals surface area contributed by atoms with E-state index in [1.165, 1.54) is 27.3 Å². The Kier molecular flexibility index (Phi) is 7.58. The van der Waals surface area contributed by atoms with E-state index >= 15 is 0 Å². The second-order valence-corrected chi connectivity index (χ2v) is 12.7. The van der Waals surface area contributed by atoms with Crippen molar-refractivity contribution in [2.45, 2.75) is 31.3 Å². The molecule has 10 heteroatoms. The van der Waals surface area contributed by atoms with Crippen molar-refractivity contribution in [3.8, 4) is 10.4 Å². The summed E-state index contributed by atoms with van der Waals surface area (Å²) in [6.45, 7) is 7.71. The molecule has 0 bridgehead atoms. The largest absolute Gasteiger partial charge is 0.336 e. The summed E-state index contributed by atoms with van der Waals surface area (Å²) in [5, 5.41) is 7.97. The highest BCUT2D eigenvalue weighted by molar-refractivity contribution is 7.18. The van der Waals surface area contributed by atoms with E-state index < -0.39 is 0 Å². The zero-order chi connectivity index (χ0) is 26.1. The van der Waals surface area contributed by atoms with Crippen molar-refractivity contribution in [3.05, 3.63) is 58.0 Å². The second kappa shape index (κ2) is 11.2. The van der Waals surface area contributed by atoms with E-state index in [4.69, 9.17) is 4.98 Å². The Hall–Kier alpha value is -2.63. The van der Waals surface area contributed by atoms with Gasteiger partial charge in [0.05, 0.1) is 25.8 Å². The highest BCUT2D eigenvalue weighted by Crippen LogP contribution is 2.36. The van der Waals surface area contributed by atoms with Gasteiger partial charge in [0.25, 0.3) is 5.91 Å². The number of nitrogens with zero attached hydrogens (tertiary/aromatic N) is 4. The van der Waals surface area contributed by atoms with Crippen LogP contribution in [0.25, 0.3) is 10.4 Å². The summed E-state index contributed by atoms with van der Waals surface area (Å²) < 4.78 is 0. The standard InChI is InChI=1S/C28H34N6O2S2/c1-32-10-12-33(13-11-32)16-19-4-2-5-20(14-19)24-15-30-27(38-24)21-17-34(18-21)28(36)23-7-8-25(37-23)31-26(35)22-6-3-9-29-22/h2,4-5,7-8,14-15,21-22,29H,3,6,9-13,16-18H2,1H3,(H,31,35)/t22-/m0/s1. The highest BCUT2D eigenvalue weighted by Gasteiger charge is 2.35. The lowest BCUT2D eigenvalue weighted by Crippen LogP contribution is -2.48. The number of piperazine rings is 1. The first-order valence-electron chi connectivity index (χ1n) is 13.4. The number of hydrogen-bond acceptors (Lipinski definition) is 8. The maximum atomic E-state index is 13.0. The molecule has 3 fully saturated rings. The van der Waals surface area contributed by atoms with E-state index in [1.807, 2.05) is 23.2 Å². The number of likely N-dealkylation sites (N-methyl/N-ethyl adjacent to an activating group) is 1. The van der Waals surface area contributed by atoms with Crippen LogP contribution in [-0.4, -0.2) is 90.4 Å². The van der Waals surface area contributed by atoms with Crippen LogP contribution in [0.3, 0.4) is 0 Å². The SMILES string of the molecule is CN1CCN(Cc2cccc(-c3cnc(C4CN(C(=O)c5ccc(NC(=O)[C@@H]6CCCN6)s5)C4)s3)c2)CC1. The Bertz CT molecular complexity index is 1290. The van der Waals surface area contributed by atoms with Gasteiger partial charge in [0.2, 0.25) is 5.91 Å². The fourth-order valence-electron chi connectivity index (χ4n) is 5.29. The third-order valence-electron chi connectivity index (χ3n) is 7.70. The number of nitrogens with one attached hydrogen (secondary N) is 2. The molecule has 8 nitrogen and oxygen atoms in total. The first-order chi connectivity index (χ1) is 18.5. The maximum Gasteiger partial charge on any atom is 0.264 e. The van der Waals surface area contributed by atoms with Crippen LogP contribution < -0.4 is 10.6 Å². The van der Waals surface area contributed by atoms with E-state index in [1.54, 1.807) is 11.3 Å². The van der Waals surface area contributed by atoms with Crippen LogP contribution in [0.5, 0.6) is 0 Å². The predicted octanol–water partition coefficient (Wildman–Crippen LogP) is 3.55. The molecule has 200 valence electrons. The Morgan fingerprint density at radius 2 is 1.95 bits per heavy atom. The van der Waals surface area contributed by atoms with Crippen LogP contribution in [-0.2, 0) is 11.3 Å². The minimum atomic E-state index is -0.130. The van der Waals surface area contributed by atoms with Gasteiger partial charge in [-0.2, -0.15) is 0 Å². The maximum absolute atomic E-state index is 13.0. The quantitative estimate of drug-likeness (QED) is 0.469. The van der Waals surface area contributed by atoms with E-state index in [9.17, 15) is 9.59 Å². The van der Waals surface area contributed by atoms with Crippen molar-refractivity contribution in [3.63, 3.8) is 0 Å². The van der Waals surface area contributed by atoms with Gasteiger partial charge < -0.3 is 20.4 Å². The van der Waals surface area contributed by atoms with Crippen molar-refractivity contribution >= 4 is 39.5 Å². The number of benzene rings is 1. The van der Waals surface area contributed by atoms with Gasteiger partial charge >= 0.3 is 0 Å². The molecule has 2 aromatic heterocycles. The van der Waals surface area contributed by atoms with Gasteiger partial charge in [-0.1, -0.05) is 18.2 Å². The fourth-order valence-corrected chi connectivity index (χ4v) is 7.16. The molecule has 1 aromatic carbocycles. The van der Waals surface area contributed by atoms with Crippen molar-refractivity contribution in [2.24, 2.45) is 0 Å². The van der Waals surface area contributed by atoms with Crippen LogP contribution in [0, 0.1) is 0 Å². The van der Waals surface area contributed by atoms with E-state index in [0.717, 1.165) is 62.1 Å². The molecule has 6 rings (SSSR count). The molecular formula is C28H34N6O2S2. The first-order valence-corrected chi connectivity index (χ1v) is 15.0. The lowest BCUT2D eigenvalue weighted by molar-refractivity contribution is -0.117. The molecule has 3 saturated heterocycles. The van der Waals surface area contributed by atoms with E-state index in [-0.39, 0.29) is 23.8 Å². The first kappa shape index (κ1) is 25.6. The predicted molar refractivity (Wildman–Crippen MR) is 153 cm³/mol. The number of likely N-dealkylation sites (tertiary alicyclic amines) is 1. The normalized spacial score (nSPS) is 21.0. The summed E-state index contributed by atoms with van der Waals surface area (Å²) in [6, 6.07) is 12.3. The number of thiophene rings is 1. The van der Waals surface area contributed by atoms with Gasteiger partial charge in [0, 0.05) is 57.9 Å². The van der Waals surface area contributed by atoms with Gasteiger partial charge in [-0.15, -0.1) is 22.7 Å². The molecule has 2 N–H and O–H groups in total. The van der Waals surface area contributed by atoms with Gasteiger partial charge in [-0.25, -0.2) is 4.98 Å². The van der Waals surface area contributed by atoms with Crippen molar-refractivity contribution in [1.82, 2.24) is 25.0 Å². The molecule has 3 aliphatic rings. The van der Waals surface area contributed by atoms with Crippen LogP contribution in [0.15, 0.2) is 42.6 Å². The minimum absolute atomic E-state index is 0.0168. The van der Waals surface area contributed by atoms with Gasteiger partial charge in [0.15, 0.2) is 0 Å². The molecule has 1 atom stereocenters. The number of rotatable bonds is 7. The summed E-state index contributed by atoms with van der Waals surface area (Å²) in [5.41, 5.74) is 2.56. The number of anilines is 1. The van der Waals surface area contributed by atoms with Crippen LogP contribution >= 0.6 is 22.7 Å². The summed E-state index contributed by atoms with van der Waals surface area (Å²) in [4.78, 5) is 38.7. The zero-order valence-corrected chi connectivity index (χ0v) is 23.3. The number of aromatic nitrogens is 1. The topological polar surface area (TPSA) is 80.8 Å². The molecule has 5 heterocycles. The molecule has 3 aliphatic heterocycles. The zero-order valence-electron chi connectivity index (χ0n) is 21.7. The Morgan fingerprint density at radius 3 is 2.74 bits per heavy atom. The summed E-state index contributed by atoms with van der Waals surface area (Å²) in [7, 11) is 2.19. The molecule has 2 amide bonds. The van der Waals surface area contributed by atoms with E-state index in [0.29, 0.717) is 18.0 Å². The molecular weight excluding hydrogens is 516 g/mol. The Morgan fingerprint density at radius 1 is 1.11 bits per heavy atom. The minimum Gasteiger partial charge on any atom is -0.336 e. The average Bonchev–Trinajstić information content (AvgIpc) is 3.67. The van der Waals surface area contributed by atoms with E-state index in [2.05, 4.69) is 51.7 Å². The van der Waals surface area contributed by atoms with Gasteiger partial charge in [-0.05, 0) is 55.8 Å². The second-order valence-electron chi connectivity index (χ2n) is 10.6. The highest BCUT2D eigenvalue weighted by atomic mass is 32.1. The number of thiazole rings is 1. The lowest BCUT2D eigenvalue weighted by atomic mass is 10.0. The molecule has 38 heavy (non-hydrogen) atoms. The number of hydrogen-bond donors (Lipinski definition) is 2. The average molecular weight is 551 g/mol. The van der Waals surface area contributed by atoms with Crippen LogP contribution in [0.2, 0.25) is 0 Å².